The summed E-state index contributed by atoms with van der Waals surface area (Å²) in [6.07, 6.45) is 2.03. The highest BCUT2D eigenvalue weighted by molar-refractivity contribution is 7.80. The van der Waals surface area contributed by atoms with E-state index in [0.717, 1.165) is 12.8 Å². The van der Waals surface area contributed by atoms with Gasteiger partial charge in [-0.2, -0.15) is 0 Å². The highest BCUT2D eigenvalue weighted by Gasteiger charge is 2.33. The van der Waals surface area contributed by atoms with Crippen LogP contribution in [0.2, 0.25) is 5.02 Å². The van der Waals surface area contributed by atoms with Crippen LogP contribution in [0.15, 0.2) is 18.2 Å². The number of hydrogen-bond donors (Lipinski definition) is 2. The Morgan fingerprint density at radius 3 is 2.71 bits per heavy atom. The number of benzene rings is 1. The summed E-state index contributed by atoms with van der Waals surface area (Å²) in [5.74, 6) is -0.317. The van der Waals surface area contributed by atoms with Gasteiger partial charge in [0.2, 0.25) is 0 Å². The van der Waals surface area contributed by atoms with Crippen molar-refractivity contribution >= 4 is 46.4 Å². The molecule has 1 saturated heterocycles. The second-order valence-corrected chi connectivity index (χ2v) is 6.05. The van der Waals surface area contributed by atoms with E-state index in [1.54, 1.807) is 25.1 Å². The van der Waals surface area contributed by atoms with Gasteiger partial charge in [0.05, 0.1) is 16.3 Å². The van der Waals surface area contributed by atoms with Crippen LogP contribution in [0, 0.1) is 0 Å². The Kier molecular flexibility index (Phi) is 3.59. The third-order valence-corrected chi connectivity index (χ3v) is 4.12. The molecule has 1 aliphatic heterocycles. The number of carbonyl (C=O) groups excluding carboxylic acids is 2. The van der Waals surface area contributed by atoms with E-state index in [9.17, 15) is 9.59 Å². The van der Waals surface area contributed by atoms with Crippen molar-refractivity contribution in [3.05, 3.63) is 28.8 Å². The molecule has 1 heterocycles. The van der Waals surface area contributed by atoms with Gasteiger partial charge in [0.25, 0.3) is 11.8 Å². The second kappa shape index (κ2) is 5.27. The van der Waals surface area contributed by atoms with Crippen molar-refractivity contribution in [1.82, 2.24) is 10.6 Å². The van der Waals surface area contributed by atoms with Crippen LogP contribution in [0.3, 0.4) is 0 Å². The number of rotatable bonds is 3. The Bertz CT molecular complexity index is 645. The molecule has 1 aromatic rings. The maximum Gasteiger partial charge on any atom is 0.255 e. The third kappa shape index (κ3) is 2.73. The number of amides is 2. The average Bonchev–Trinajstić information content (AvgIpc) is 3.18. The summed E-state index contributed by atoms with van der Waals surface area (Å²) in [5, 5.41) is 6.43. The highest BCUT2D eigenvalue weighted by Crippen LogP contribution is 2.27. The van der Waals surface area contributed by atoms with E-state index in [1.165, 1.54) is 4.90 Å². The second-order valence-electron chi connectivity index (χ2n) is 5.26. The lowest BCUT2D eigenvalue weighted by Gasteiger charge is -2.16. The van der Waals surface area contributed by atoms with E-state index in [2.05, 4.69) is 10.6 Å². The molecule has 21 heavy (non-hydrogen) atoms. The minimum absolute atomic E-state index is 0.133. The molecular weight excluding hydrogens is 310 g/mol. The number of carbonyl (C=O) groups is 2. The summed E-state index contributed by atoms with van der Waals surface area (Å²) >= 11 is 11.3. The molecule has 1 aliphatic carbocycles. The molecule has 0 radical (unpaired) electrons. The van der Waals surface area contributed by atoms with E-state index in [-0.39, 0.29) is 23.9 Å². The van der Waals surface area contributed by atoms with Crippen molar-refractivity contribution in [2.75, 3.05) is 4.90 Å². The molecule has 1 atom stereocenters. The lowest BCUT2D eigenvalue weighted by molar-refractivity contribution is -0.117. The fraction of sp³-hybridized carbons (Fsp3) is 0.357. The Hall–Kier alpha value is -1.66. The molecule has 3 rings (SSSR count). The van der Waals surface area contributed by atoms with E-state index in [4.69, 9.17) is 23.8 Å². The molecule has 1 unspecified atom stereocenters. The maximum atomic E-state index is 12.1. The molecule has 0 aromatic heterocycles. The largest absolute Gasteiger partial charge is 0.350 e. The quantitative estimate of drug-likeness (QED) is 0.833. The molecule has 2 fully saturated rings. The minimum atomic E-state index is -0.353. The van der Waals surface area contributed by atoms with Crippen LogP contribution in [0.4, 0.5) is 5.69 Å². The van der Waals surface area contributed by atoms with Crippen molar-refractivity contribution in [3.8, 4) is 0 Å². The summed E-state index contributed by atoms with van der Waals surface area (Å²) in [4.78, 5) is 25.5. The van der Waals surface area contributed by atoms with Crippen LogP contribution in [0.25, 0.3) is 0 Å². The zero-order valence-corrected chi connectivity index (χ0v) is 12.9. The molecule has 1 saturated carbocycles. The van der Waals surface area contributed by atoms with Gasteiger partial charge < -0.3 is 10.6 Å². The van der Waals surface area contributed by atoms with Gasteiger partial charge in [-0.1, -0.05) is 11.6 Å². The van der Waals surface area contributed by atoms with Crippen molar-refractivity contribution < 1.29 is 9.59 Å². The average molecular weight is 324 g/mol. The molecule has 7 heteroatoms. The first-order valence-corrected chi connectivity index (χ1v) is 7.51. The number of halogens is 1. The van der Waals surface area contributed by atoms with Gasteiger partial charge in [-0.15, -0.1) is 0 Å². The van der Waals surface area contributed by atoms with Crippen molar-refractivity contribution in [1.29, 1.82) is 0 Å². The first-order valence-electron chi connectivity index (χ1n) is 6.72. The van der Waals surface area contributed by atoms with Gasteiger partial charge in [0, 0.05) is 6.04 Å². The summed E-state index contributed by atoms with van der Waals surface area (Å²) in [6, 6.07) is 4.80. The molecule has 2 N–H and O–H groups in total. The summed E-state index contributed by atoms with van der Waals surface area (Å²) in [7, 11) is 0. The van der Waals surface area contributed by atoms with Crippen LogP contribution >= 0.6 is 23.8 Å². The first kappa shape index (κ1) is 14.3. The van der Waals surface area contributed by atoms with Gasteiger partial charge in [-0.3, -0.25) is 14.5 Å². The van der Waals surface area contributed by atoms with Gasteiger partial charge >= 0.3 is 0 Å². The molecule has 5 nitrogen and oxygen atoms in total. The Morgan fingerprint density at radius 2 is 2.19 bits per heavy atom. The van der Waals surface area contributed by atoms with Crippen LogP contribution in [0.1, 0.15) is 30.1 Å². The van der Waals surface area contributed by atoms with Gasteiger partial charge in [0.15, 0.2) is 5.11 Å². The topological polar surface area (TPSA) is 61.4 Å². The standard InChI is InChI=1S/C14H14ClN3O2S/c1-7-13(20)18(14(21)16-7)9-4-5-10(11(15)6-9)12(19)17-8-2-3-8/h4-8H,2-3H2,1H3,(H,16,21)(H,17,19). The first-order chi connectivity index (χ1) is 9.97. The van der Waals surface area contributed by atoms with Gasteiger partial charge in [-0.05, 0) is 50.2 Å². The zero-order valence-electron chi connectivity index (χ0n) is 11.4. The van der Waals surface area contributed by atoms with E-state index < -0.39 is 0 Å². The minimum Gasteiger partial charge on any atom is -0.350 e. The normalized spacial score (nSPS) is 21.4. The Labute approximate surface area is 132 Å². The fourth-order valence-corrected chi connectivity index (χ4v) is 2.80. The highest BCUT2D eigenvalue weighted by atomic mass is 35.5. The fourth-order valence-electron chi connectivity index (χ4n) is 2.17. The third-order valence-electron chi connectivity index (χ3n) is 3.50. The van der Waals surface area contributed by atoms with Crippen LogP contribution < -0.4 is 15.5 Å². The van der Waals surface area contributed by atoms with E-state index in [0.29, 0.717) is 21.4 Å². The van der Waals surface area contributed by atoms with Gasteiger partial charge in [-0.25, -0.2) is 0 Å². The zero-order chi connectivity index (χ0) is 15.1. The lowest BCUT2D eigenvalue weighted by Crippen LogP contribution is -2.31. The van der Waals surface area contributed by atoms with Crippen molar-refractivity contribution in [2.24, 2.45) is 0 Å². The molecular formula is C14H14ClN3O2S. The summed E-state index contributed by atoms with van der Waals surface area (Å²) < 4.78 is 0. The van der Waals surface area contributed by atoms with E-state index in [1.807, 2.05) is 0 Å². The number of anilines is 1. The molecule has 0 bridgehead atoms. The number of nitrogens with one attached hydrogen (secondary N) is 2. The van der Waals surface area contributed by atoms with Crippen LogP contribution in [0.5, 0.6) is 0 Å². The SMILES string of the molecule is CC1NC(=S)N(c2ccc(C(=O)NC3CC3)c(Cl)c2)C1=O. The van der Waals surface area contributed by atoms with Crippen LogP contribution in [-0.4, -0.2) is 29.0 Å². The summed E-state index contributed by atoms with van der Waals surface area (Å²) in [6.45, 7) is 1.74. The Morgan fingerprint density at radius 1 is 1.48 bits per heavy atom. The number of hydrogen-bond acceptors (Lipinski definition) is 3. The monoisotopic (exact) mass is 323 g/mol. The smallest absolute Gasteiger partial charge is 0.255 e. The number of nitrogens with zero attached hydrogens (tertiary/aromatic N) is 1. The van der Waals surface area contributed by atoms with E-state index >= 15 is 0 Å². The number of thiocarbonyl (C=S) groups is 1. The molecule has 0 spiro atoms. The van der Waals surface area contributed by atoms with Gasteiger partial charge in [0.1, 0.15) is 6.04 Å². The molecule has 2 aliphatic rings. The predicted octanol–water partition coefficient (Wildman–Crippen LogP) is 1.84. The predicted molar refractivity (Wildman–Crippen MR) is 84.6 cm³/mol. The Balaban J connectivity index is 1.85. The molecule has 110 valence electrons. The maximum absolute atomic E-state index is 12.1. The molecule has 2 amide bonds. The molecule has 1 aromatic carbocycles. The lowest BCUT2D eigenvalue weighted by atomic mass is 10.1. The van der Waals surface area contributed by atoms with Crippen molar-refractivity contribution in [3.63, 3.8) is 0 Å². The van der Waals surface area contributed by atoms with Crippen LogP contribution in [-0.2, 0) is 4.79 Å². The summed E-state index contributed by atoms with van der Waals surface area (Å²) in [5.41, 5.74) is 0.973. The van der Waals surface area contributed by atoms with Crippen molar-refractivity contribution in [2.45, 2.75) is 31.8 Å².